The molecule has 0 bridgehead atoms. The number of aliphatic imine (C=N–C) groups is 1. The predicted octanol–water partition coefficient (Wildman–Crippen LogP) is 6.76. The highest BCUT2D eigenvalue weighted by atomic mass is 16.5. The van der Waals surface area contributed by atoms with Crippen molar-refractivity contribution in [3.8, 4) is 28.4 Å². The van der Waals surface area contributed by atoms with Crippen LogP contribution in [-0.4, -0.2) is 105 Å². The van der Waals surface area contributed by atoms with Crippen LogP contribution in [0.1, 0.15) is 84.7 Å². The van der Waals surface area contributed by atoms with E-state index in [1.165, 1.54) is 14.2 Å². The number of H-pyrrole nitrogens is 1. The fraction of sp³-hybridized carbons (Fsp3) is 0.465. The molecule has 0 spiro atoms. The largest absolute Gasteiger partial charge is 0.453 e. The monoisotopic (exact) mass is 807 g/mol. The van der Waals surface area contributed by atoms with Crippen LogP contribution in [0.4, 0.5) is 9.59 Å². The molecule has 0 radical (unpaired) electrons. The Kier molecular flexibility index (Phi) is 11.8. The molecule has 2 aromatic carbocycles. The number of amides is 4. The Morgan fingerprint density at radius 1 is 0.881 bits per heavy atom. The van der Waals surface area contributed by atoms with E-state index in [4.69, 9.17) is 29.3 Å². The molecule has 4 atom stereocenters. The van der Waals surface area contributed by atoms with Gasteiger partial charge in [0.2, 0.25) is 11.8 Å². The number of likely N-dealkylation sites (tertiary alicyclic amines) is 2. The topological polar surface area (TPSA) is 185 Å². The van der Waals surface area contributed by atoms with E-state index in [1.54, 1.807) is 11.1 Å². The lowest BCUT2D eigenvalue weighted by Gasteiger charge is -2.30. The van der Waals surface area contributed by atoms with Crippen molar-refractivity contribution in [3.05, 3.63) is 60.3 Å². The number of nitrogens with zero attached hydrogens (tertiary/aromatic N) is 6. The standard InChI is InChI=1S/C43H53N9O7/c1-23(2)36(48-42(55)57-7)40(53)50-17-9-11-31(50)26(6)44-20-25(5)28-14-16-34-38-29(28)21-46-52(38)32-15-13-27(19-35(32)59-34)30-22-45-39(47-30)33-12-10-18-51(33)41(54)37(24(3)4)49-43(56)58-8/h13-16,19-24,31,33,36-37H,9-12,17-18H2,1-8H3,(H,45,47)(H,48,55)(H,49,56)/b25-20+,44-26?/t31-,33-,36-,37-/m0/s1. The smallest absolute Gasteiger partial charge is 0.407 e. The molecule has 0 unspecified atom stereocenters. The van der Waals surface area contributed by atoms with Gasteiger partial charge in [0.1, 0.15) is 29.1 Å². The quantitative estimate of drug-likeness (QED) is 0.121. The molecule has 3 N–H and O–H groups in total. The third kappa shape index (κ3) is 7.99. The first-order valence-electron chi connectivity index (χ1n) is 20.2. The van der Waals surface area contributed by atoms with Crippen molar-refractivity contribution < 1.29 is 33.4 Å². The van der Waals surface area contributed by atoms with Gasteiger partial charge in [-0.2, -0.15) is 5.10 Å². The number of ether oxygens (including phenoxy) is 3. The number of hydrogen-bond acceptors (Lipinski definition) is 10. The summed E-state index contributed by atoms with van der Waals surface area (Å²) in [6, 6.07) is 8.03. The molecule has 3 aliphatic heterocycles. The highest BCUT2D eigenvalue weighted by Crippen LogP contribution is 2.44. The number of rotatable bonds is 11. The van der Waals surface area contributed by atoms with E-state index in [0.717, 1.165) is 70.4 Å². The van der Waals surface area contributed by atoms with Crippen molar-refractivity contribution in [2.75, 3.05) is 27.3 Å². The Morgan fingerprint density at radius 3 is 2.22 bits per heavy atom. The minimum atomic E-state index is -0.713. The van der Waals surface area contributed by atoms with E-state index in [1.807, 2.05) is 93.9 Å². The number of aromatic amines is 1. The van der Waals surface area contributed by atoms with E-state index >= 15 is 0 Å². The summed E-state index contributed by atoms with van der Waals surface area (Å²) in [7, 11) is 2.57. The second-order valence-electron chi connectivity index (χ2n) is 16.1. The molecule has 16 heteroatoms. The Morgan fingerprint density at radius 2 is 1.54 bits per heavy atom. The molecule has 7 rings (SSSR count). The summed E-state index contributed by atoms with van der Waals surface area (Å²) in [5.41, 5.74) is 5.99. The summed E-state index contributed by atoms with van der Waals surface area (Å²) in [6.07, 6.45) is 7.39. The Bertz CT molecular complexity index is 2330. The van der Waals surface area contributed by atoms with Crippen LogP contribution < -0.4 is 15.4 Å². The molecule has 312 valence electrons. The van der Waals surface area contributed by atoms with Crippen LogP contribution in [0.2, 0.25) is 0 Å². The van der Waals surface area contributed by atoms with Crippen LogP contribution in [0.5, 0.6) is 11.5 Å². The molecule has 0 aliphatic carbocycles. The number of fused-ring (bicyclic) bond motifs is 2. The van der Waals surface area contributed by atoms with Crippen molar-refractivity contribution in [1.82, 2.24) is 40.2 Å². The van der Waals surface area contributed by atoms with Crippen LogP contribution >= 0.6 is 0 Å². The zero-order valence-electron chi connectivity index (χ0n) is 34.9. The molecule has 3 aliphatic rings. The van der Waals surface area contributed by atoms with Crippen molar-refractivity contribution >= 4 is 46.2 Å². The zero-order valence-corrected chi connectivity index (χ0v) is 34.9. The third-order valence-corrected chi connectivity index (χ3v) is 11.5. The van der Waals surface area contributed by atoms with Gasteiger partial charge in [0.25, 0.3) is 0 Å². The van der Waals surface area contributed by atoms with Crippen LogP contribution in [0.25, 0.3) is 33.4 Å². The number of aromatic nitrogens is 4. The van der Waals surface area contributed by atoms with Crippen LogP contribution in [0.3, 0.4) is 0 Å². The average Bonchev–Trinajstić information content (AvgIpc) is 4.07. The molecule has 4 aromatic rings. The van der Waals surface area contributed by atoms with Gasteiger partial charge >= 0.3 is 12.2 Å². The van der Waals surface area contributed by atoms with Crippen molar-refractivity contribution in [1.29, 1.82) is 0 Å². The first kappa shape index (κ1) is 41.0. The lowest BCUT2D eigenvalue weighted by molar-refractivity contribution is -0.135. The molecule has 59 heavy (non-hydrogen) atoms. The first-order chi connectivity index (χ1) is 28.3. The van der Waals surface area contributed by atoms with Gasteiger partial charge in [0.15, 0.2) is 11.5 Å². The molecule has 5 heterocycles. The van der Waals surface area contributed by atoms with Crippen LogP contribution in [0.15, 0.2) is 53.9 Å². The second-order valence-corrected chi connectivity index (χ2v) is 16.1. The highest BCUT2D eigenvalue weighted by molar-refractivity contribution is 5.98. The number of allylic oxidation sites excluding steroid dienone is 1. The summed E-state index contributed by atoms with van der Waals surface area (Å²) in [6.45, 7) is 12.7. The van der Waals surface area contributed by atoms with E-state index in [0.29, 0.717) is 30.4 Å². The van der Waals surface area contributed by atoms with Gasteiger partial charge in [-0.1, -0.05) is 39.8 Å². The molecule has 4 amide bonds. The normalized spacial score (nSPS) is 18.8. The maximum Gasteiger partial charge on any atom is 0.407 e. The Labute approximate surface area is 343 Å². The summed E-state index contributed by atoms with van der Waals surface area (Å²) < 4.78 is 17.9. The molecule has 2 fully saturated rings. The van der Waals surface area contributed by atoms with Crippen molar-refractivity contribution in [2.24, 2.45) is 16.8 Å². The molecular weight excluding hydrogens is 755 g/mol. The summed E-state index contributed by atoms with van der Waals surface area (Å²) >= 11 is 0. The van der Waals surface area contributed by atoms with Crippen LogP contribution in [0, 0.1) is 11.8 Å². The Balaban J connectivity index is 1.09. The van der Waals surface area contributed by atoms with Crippen LogP contribution in [-0.2, 0) is 19.1 Å². The van der Waals surface area contributed by atoms with Gasteiger partial charge < -0.3 is 39.6 Å². The SMILES string of the molecule is COC(=O)N[C@H](C(=O)N1CCC[C@H]1C(C)=N/C=C(\C)c1ccc2c3c1cnn3-c1ccc(-c3cnc([C@@H]4CCCN4C(=O)[C@@H](NC(=O)OC)C(C)C)[nH]3)cc1O2)C(C)C. The maximum atomic E-state index is 13.6. The first-order valence-corrected chi connectivity index (χ1v) is 20.2. The molecule has 2 saturated heterocycles. The number of carbonyl (C=O) groups is 4. The van der Waals surface area contributed by atoms with E-state index in [9.17, 15) is 19.2 Å². The fourth-order valence-electron chi connectivity index (χ4n) is 8.32. The average molecular weight is 808 g/mol. The number of nitrogens with one attached hydrogen (secondary N) is 3. The fourth-order valence-corrected chi connectivity index (χ4v) is 8.32. The summed E-state index contributed by atoms with van der Waals surface area (Å²) in [5.74, 6) is 1.45. The number of hydrogen-bond donors (Lipinski definition) is 3. The summed E-state index contributed by atoms with van der Waals surface area (Å²) in [5, 5.41) is 11.1. The number of imidazole rings is 1. The van der Waals surface area contributed by atoms with E-state index < -0.39 is 24.3 Å². The van der Waals surface area contributed by atoms with Gasteiger partial charge in [0.05, 0.1) is 44.4 Å². The number of benzene rings is 2. The maximum absolute atomic E-state index is 13.6. The van der Waals surface area contributed by atoms with E-state index in [-0.39, 0.29) is 35.7 Å². The van der Waals surface area contributed by atoms with Gasteiger partial charge in [-0.3, -0.25) is 14.6 Å². The van der Waals surface area contributed by atoms with Gasteiger partial charge in [-0.05, 0) is 80.7 Å². The van der Waals surface area contributed by atoms with Gasteiger partial charge in [0, 0.05) is 36.0 Å². The second kappa shape index (κ2) is 17.0. The molecule has 16 nitrogen and oxygen atoms in total. The number of carbonyl (C=O) groups excluding carboxylic acids is 4. The highest BCUT2D eigenvalue weighted by Gasteiger charge is 2.39. The van der Waals surface area contributed by atoms with Gasteiger partial charge in [-0.15, -0.1) is 0 Å². The van der Waals surface area contributed by atoms with E-state index in [2.05, 4.69) is 15.6 Å². The molecule has 0 saturated carbocycles. The zero-order chi connectivity index (χ0) is 42.1. The molecular formula is C43H53N9O7. The number of methoxy groups -OCH3 is 2. The predicted molar refractivity (Wildman–Crippen MR) is 222 cm³/mol. The minimum Gasteiger partial charge on any atom is -0.453 e. The summed E-state index contributed by atoms with van der Waals surface area (Å²) in [4.78, 5) is 67.8. The van der Waals surface area contributed by atoms with Crippen molar-refractivity contribution in [3.63, 3.8) is 0 Å². The number of alkyl carbamates (subject to hydrolysis) is 2. The lowest BCUT2D eigenvalue weighted by atomic mass is 10.0. The Hall–Kier alpha value is -6.19. The third-order valence-electron chi connectivity index (χ3n) is 11.5. The van der Waals surface area contributed by atoms with Crippen molar-refractivity contribution in [2.45, 2.75) is 91.4 Å². The lowest BCUT2D eigenvalue weighted by Crippen LogP contribution is -2.53. The molecule has 2 aromatic heterocycles. The minimum absolute atomic E-state index is 0.112. The van der Waals surface area contributed by atoms with Gasteiger partial charge in [-0.25, -0.2) is 19.3 Å².